The van der Waals surface area contributed by atoms with E-state index in [9.17, 15) is 38.4 Å². The molecule has 0 aromatic heterocycles. The highest BCUT2D eigenvalue weighted by atomic mass is 16.6. The molecule has 4 atom stereocenters. The summed E-state index contributed by atoms with van der Waals surface area (Å²) in [5.74, 6) is -3.13. The second-order valence-corrected chi connectivity index (χ2v) is 27.3. The number of rotatable bonds is 65. The first-order chi connectivity index (χ1) is 45.5. The van der Waals surface area contributed by atoms with Crippen LogP contribution in [0.1, 0.15) is 357 Å². The van der Waals surface area contributed by atoms with Crippen LogP contribution in [-0.2, 0) is 71.5 Å². The molecule has 0 saturated carbocycles. The number of nitrogens with zero attached hydrogens (tertiary/aromatic N) is 1. The number of carbonyl (C=O) groups excluding carboxylic acids is 8. The van der Waals surface area contributed by atoms with Gasteiger partial charge in [0.1, 0.15) is 37.9 Å². The Morgan fingerprint density at radius 1 is 0.330 bits per heavy atom. The van der Waals surface area contributed by atoms with Crippen molar-refractivity contribution in [3.05, 3.63) is 0 Å². The van der Waals surface area contributed by atoms with Crippen LogP contribution in [0.5, 0.6) is 0 Å². The van der Waals surface area contributed by atoms with Crippen molar-refractivity contribution in [3.8, 4) is 0 Å². The molecule has 1 fully saturated rings. The third kappa shape index (κ3) is 53.6. The van der Waals surface area contributed by atoms with Crippen molar-refractivity contribution in [2.75, 3.05) is 52.6 Å². The Bertz CT molecular complexity index is 1770. The Morgan fingerprint density at radius 3 is 0.947 bits per heavy atom. The van der Waals surface area contributed by atoms with Crippen LogP contribution in [0.15, 0.2) is 0 Å². The van der Waals surface area contributed by atoms with Crippen molar-refractivity contribution in [1.82, 2.24) is 10.2 Å². The normalized spacial score (nSPS) is 14.2. The minimum atomic E-state index is -1.53. The van der Waals surface area contributed by atoms with Crippen molar-refractivity contribution >= 4 is 47.9 Å². The number of esters is 7. The third-order valence-electron chi connectivity index (χ3n) is 17.8. The first-order valence-corrected chi connectivity index (χ1v) is 38.4. The van der Waals surface area contributed by atoms with Crippen LogP contribution in [0, 0.1) is 5.41 Å². The Morgan fingerprint density at radius 2 is 0.606 bits per heavy atom. The maximum Gasteiger partial charge on any atom is 0.407 e. The Balaban J connectivity index is 3.16. The number of ether oxygens (including phenoxy) is 8. The molecule has 0 radical (unpaired) electrons. The zero-order valence-corrected chi connectivity index (χ0v) is 60.9. The molecule has 0 spiro atoms. The SMILES string of the molecule is CCCCCCCCCC(C)OC(=O)CCCCCC(=O)OCC(COC(=O)CCCCCC(=O)OC(C)CCCCCCCCC)(COC(=O)CCCCCC(=O)OC(C)CCCCCCCCC)COC(=O)CCC(CCCCCC)OC(=O)NCCN1CCCC1. The van der Waals surface area contributed by atoms with Crippen LogP contribution < -0.4 is 5.32 Å². The number of unbranched alkanes of at least 4 members (excludes halogenated alkanes) is 27. The molecule has 1 amide bonds. The van der Waals surface area contributed by atoms with E-state index in [4.69, 9.17) is 37.9 Å². The molecule has 1 heterocycles. The third-order valence-corrected chi connectivity index (χ3v) is 17.8. The number of hydrogen-bond acceptors (Lipinski definition) is 17. The van der Waals surface area contributed by atoms with E-state index in [0.29, 0.717) is 70.8 Å². The van der Waals surface area contributed by atoms with Gasteiger partial charge in [0.05, 0.1) is 18.3 Å². The van der Waals surface area contributed by atoms with E-state index in [0.717, 1.165) is 116 Å². The first-order valence-electron chi connectivity index (χ1n) is 38.4. The molecule has 0 aromatic carbocycles. The van der Waals surface area contributed by atoms with Gasteiger partial charge < -0.3 is 48.1 Å². The summed E-state index contributed by atoms with van der Waals surface area (Å²) >= 11 is 0. The fourth-order valence-electron chi connectivity index (χ4n) is 11.7. The van der Waals surface area contributed by atoms with Crippen molar-refractivity contribution < 1.29 is 76.3 Å². The molecule has 1 aliphatic rings. The summed E-state index contributed by atoms with van der Waals surface area (Å²) in [6.07, 6.45) is 37.9. The average Bonchev–Trinajstić information content (AvgIpc) is 1.85. The highest BCUT2D eigenvalue weighted by Crippen LogP contribution is 2.25. The Kier molecular flexibility index (Phi) is 56.7. The zero-order chi connectivity index (χ0) is 69.0. The molecular formula is C76H138N2O16. The summed E-state index contributed by atoms with van der Waals surface area (Å²) in [4.78, 5) is 108. The molecule has 1 N–H and O–H groups in total. The van der Waals surface area contributed by atoms with E-state index < -0.39 is 67.9 Å². The van der Waals surface area contributed by atoms with Gasteiger partial charge in [-0.1, -0.05) is 182 Å². The molecule has 1 saturated heterocycles. The summed E-state index contributed by atoms with van der Waals surface area (Å²) in [7, 11) is 0. The summed E-state index contributed by atoms with van der Waals surface area (Å²) in [6, 6.07) is 0. The summed E-state index contributed by atoms with van der Waals surface area (Å²) in [6.45, 7) is 16.0. The van der Waals surface area contributed by atoms with E-state index in [1.165, 1.54) is 96.3 Å². The lowest BCUT2D eigenvalue weighted by molar-refractivity contribution is -0.171. The molecule has 1 aliphatic heterocycles. The number of nitrogens with one attached hydrogen (secondary N) is 1. The van der Waals surface area contributed by atoms with Crippen molar-refractivity contribution in [3.63, 3.8) is 0 Å². The van der Waals surface area contributed by atoms with Crippen molar-refractivity contribution in [1.29, 1.82) is 0 Å². The van der Waals surface area contributed by atoms with E-state index in [-0.39, 0.29) is 87.6 Å². The van der Waals surface area contributed by atoms with Crippen molar-refractivity contribution in [2.24, 2.45) is 5.41 Å². The number of carbonyl (C=O) groups is 8. The standard InChI is InChI=1S/C76H138N2O16/c1-8-12-16-20-23-26-32-44-64(5)91-72(83)51-39-29-36-48-68(79)87-60-76(61-88-69(80)49-37-30-40-52-73(84)92-65(6)45-33-27-24-21-17-13-9-2,62-89-70(81)50-38-31-41-53-74(85)93-66(7)46-34-28-25-22-18-14-10-3)63-90-71(82)55-54-67(47-35-19-15-11-4)94-75(86)77-56-59-78-57-42-43-58-78/h64-67H,8-63H2,1-7H3,(H,77,86). The fourth-order valence-corrected chi connectivity index (χ4v) is 11.7. The molecule has 0 bridgehead atoms. The predicted octanol–water partition coefficient (Wildman–Crippen LogP) is 18.2. The van der Waals surface area contributed by atoms with Crippen LogP contribution in [0.3, 0.4) is 0 Å². The van der Waals surface area contributed by atoms with Gasteiger partial charge in [-0.15, -0.1) is 0 Å². The lowest BCUT2D eigenvalue weighted by atomic mass is 9.92. The largest absolute Gasteiger partial charge is 0.465 e. The van der Waals surface area contributed by atoms with Crippen molar-refractivity contribution in [2.45, 2.75) is 381 Å². The number of likely N-dealkylation sites (tertiary alicyclic amines) is 1. The highest BCUT2D eigenvalue weighted by Gasteiger charge is 2.38. The van der Waals surface area contributed by atoms with Crippen LogP contribution in [0.25, 0.3) is 0 Å². The van der Waals surface area contributed by atoms with Gasteiger partial charge in [0, 0.05) is 58.0 Å². The van der Waals surface area contributed by atoms with Crippen LogP contribution >= 0.6 is 0 Å². The molecule has 0 aliphatic carbocycles. The fraction of sp³-hybridized carbons (Fsp3) is 0.895. The first kappa shape index (κ1) is 87.5. The number of amides is 1. The minimum absolute atomic E-state index is 0.0158. The predicted molar refractivity (Wildman–Crippen MR) is 372 cm³/mol. The minimum Gasteiger partial charge on any atom is -0.465 e. The van der Waals surface area contributed by atoms with E-state index >= 15 is 0 Å². The van der Waals surface area contributed by atoms with E-state index in [1.54, 1.807) is 0 Å². The maximum atomic E-state index is 13.8. The van der Waals surface area contributed by atoms with Gasteiger partial charge >= 0.3 is 47.9 Å². The molecular weight excluding hydrogens is 1200 g/mol. The molecule has 18 nitrogen and oxygen atoms in total. The van der Waals surface area contributed by atoms with Gasteiger partial charge in [-0.3, -0.25) is 33.6 Å². The molecule has 18 heteroatoms. The van der Waals surface area contributed by atoms with Gasteiger partial charge in [0.15, 0.2) is 0 Å². The van der Waals surface area contributed by atoms with Gasteiger partial charge in [0.2, 0.25) is 0 Å². The van der Waals surface area contributed by atoms with E-state index in [2.05, 4.69) is 37.9 Å². The summed E-state index contributed by atoms with van der Waals surface area (Å²) < 4.78 is 46.5. The second-order valence-electron chi connectivity index (χ2n) is 27.3. The van der Waals surface area contributed by atoms with Crippen LogP contribution in [-0.4, -0.2) is 130 Å². The van der Waals surface area contributed by atoms with Crippen LogP contribution in [0.2, 0.25) is 0 Å². The second kappa shape index (κ2) is 60.9. The molecule has 4 unspecified atom stereocenters. The topological polar surface area (TPSA) is 226 Å². The quantitative estimate of drug-likeness (QED) is 0.0339. The molecule has 94 heavy (non-hydrogen) atoms. The lowest BCUT2D eigenvalue weighted by Crippen LogP contribution is -2.44. The molecule has 1 rings (SSSR count). The summed E-state index contributed by atoms with van der Waals surface area (Å²) in [5.41, 5.74) is -1.53. The van der Waals surface area contributed by atoms with E-state index in [1.807, 2.05) is 20.8 Å². The Hall–Kier alpha value is -4.48. The van der Waals surface area contributed by atoms with Gasteiger partial charge in [0.25, 0.3) is 0 Å². The monoisotopic (exact) mass is 1340 g/mol. The molecule has 0 aromatic rings. The lowest BCUT2D eigenvalue weighted by Gasteiger charge is -2.31. The van der Waals surface area contributed by atoms with Gasteiger partial charge in [-0.05, 0) is 143 Å². The molecule has 548 valence electrons. The summed E-state index contributed by atoms with van der Waals surface area (Å²) in [5, 5.41) is 2.87. The average molecular weight is 1340 g/mol. The Labute approximate surface area is 571 Å². The zero-order valence-electron chi connectivity index (χ0n) is 60.9. The highest BCUT2D eigenvalue weighted by molar-refractivity contribution is 5.72. The van der Waals surface area contributed by atoms with Gasteiger partial charge in [-0.25, -0.2) is 4.79 Å². The maximum absolute atomic E-state index is 13.8. The number of alkyl carbamates (subject to hydrolysis) is 1. The number of hydrogen-bond donors (Lipinski definition) is 1. The van der Waals surface area contributed by atoms with Gasteiger partial charge in [-0.2, -0.15) is 0 Å². The smallest absolute Gasteiger partial charge is 0.407 e. The van der Waals surface area contributed by atoms with Crippen LogP contribution in [0.4, 0.5) is 4.79 Å².